The van der Waals surface area contributed by atoms with E-state index >= 15 is 0 Å². The quantitative estimate of drug-likeness (QED) is 0.546. The van der Waals surface area contributed by atoms with E-state index in [4.69, 9.17) is 10.7 Å². The van der Waals surface area contributed by atoms with Gasteiger partial charge < -0.3 is 0 Å². The molecule has 1 aliphatic heterocycles. The van der Waals surface area contributed by atoms with Gasteiger partial charge in [0.25, 0.3) is 0 Å². The Kier molecular flexibility index (Phi) is 1.64. The van der Waals surface area contributed by atoms with Crippen LogP contribution >= 0.6 is 21.8 Å². The molecule has 52 valence electrons. The third kappa shape index (κ3) is 0.975. The lowest BCUT2D eigenvalue weighted by Gasteiger charge is -2.21. The van der Waals surface area contributed by atoms with Crippen molar-refractivity contribution in [2.75, 3.05) is 6.54 Å². The van der Waals surface area contributed by atoms with E-state index in [0.29, 0.717) is 0 Å². The zero-order valence-electron chi connectivity index (χ0n) is 5.22. The summed E-state index contributed by atoms with van der Waals surface area (Å²) < 4.78 is 2.32. The number of nitrogens with zero attached hydrogens (tertiary/aromatic N) is 1. The van der Waals surface area contributed by atoms with Crippen LogP contribution in [0.25, 0.3) is 0 Å². The lowest BCUT2D eigenvalue weighted by Crippen LogP contribution is -2.23. The Morgan fingerprint density at radius 2 is 2.33 bits per heavy atom. The summed E-state index contributed by atoms with van der Waals surface area (Å²) in [5.41, 5.74) is 0. The van der Waals surface area contributed by atoms with Crippen molar-refractivity contribution in [2.45, 2.75) is 25.3 Å². The first-order chi connectivity index (χ1) is 4.40. The Morgan fingerprint density at radius 1 is 1.44 bits per heavy atom. The topological polar surface area (TPSA) is 3.24 Å². The van der Waals surface area contributed by atoms with Crippen LogP contribution in [0.15, 0.2) is 0 Å². The van der Waals surface area contributed by atoms with E-state index in [9.17, 15) is 0 Å². The third-order valence-electron chi connectivity index (χ3n) is 2.45. The smallest absolute Gasteiger partial charge is 0.0310 e. The van der Waals surface area contributed by atoms with Crippen LogP contribution in [0.2, 0.25) is 0 Å². The lowest BCUT2D eigenvalue weighted by molar-refractivity contribution is 0.369. The second-order valence-corrected chi connectivity index (χ2v) is 4.02. The van der Waals surface area contributed by atoms with Crippen LogP contribution in [0, 0.1) is 5.92 Å². The van der Waals surface area contributed by atoms with Crippen LogP contribution in [-0.4, -0.2) is 16.9 Å². The molecule has 1 saturated heterocycles. The van der Waals surface area contributed by atoms with Gasteiger partial charge in [0.05, 0.1) is 0 Å². The molecule has 0 amide bonds. The monoisotopic (exact) mass is 163 g/mol. The maximum Gasteiger partial charge on any atom is 0.0310 e. The van der Waals surface area contributed by atoms with Crippen molar-refractivity contribution in [2.24, 2.45) is 5.92 Å². The summed E-state index contributed by atoms with van der Waals surface area (Å²) in [7, 11) is 5.64. The van der Waals surface area contributed by atoms with Crippen molar-refractivity contribution in [1.82, 2.24) is 4.31 Å². The van der Waals surface area contributed by atoms with Gasteiger partial charge in [-0.05, 0) is 35.9 Å². The summed E-state index contributed by atoms with van der Waals surface area (Å²) in [6, 6.07) is 0.817. The number of fused-ring (bicyclic) bond motifs is 2. The molecule has 0 aromatic carbocycles. The SMILES string of the molecule is ClSN1CC2CCC1C2. The van der Waals surface area contributed by atoms with Gasteiger partial charge in [-0.3, -0.25) is 0 Å². The van der Waals surface area contributed by atoms with Gasteiger partial charge in [-0.1, -0.05) is 0 Å². The van der Waals surface area contributed by atoms with E-state index in [1.807, 2.05) is 0 Å². The van der Waals surface area contributed by atoms with Crippen molar-refractivity contribution < 1.29 is 0 Å². The van der Waals surface area contributed by atoms with Gasteiger partial charge in [-0.25, -0.2) is 4.31 Å². The molecule has 2 bridgehead atoms. The summed E-state index contributed by atoms with van der Waals surface area (Å²) >= 11 is 1.40. The summed E-state index contributed by atoms with van der Waals surface area (Å²) in [4.78, 5) is 0. The number of rotatable bonds is 1. The fourth-order valence-corrected chi connectivity index (χ4v) is 3.04. The van der Waals surface area contributed by atoms with Crippen molar-refractivity contribution in [3.05, 3.63) is 0 Å². The van der Waals surface area contributed by atoms with E-state index in [0.717, 1.165) is 12.0 Å². The van der Waals surface area contributed by atoms with Gasteiger partial charge in [-0.15, -0.1) is 0 Å². The Balaban J connectivity index is 2.01. The molecule has 1 aliphatic carbocycles. The first-order valence-electron chi connectivity index (χ1n) is 3.45. The van der Waals surface area contributed by atoms with E-state index < -0.39 is 0 Å². The molecular weight excluding hydrogens is 154 g/mol. The fraction of sp³-hybridized carbons (Fsp3) is 1.00. The zero-order chi connectivity index (χ0) is 6.27. The highest BCUT2D eigenvalue weighted by Crippen LogP contribution is 2.41. The first kappa shape index (κ1) is 6.32. The maximum absolute atomic E-state index is 5.64. The largest absolute Gasteiger partial charge is 0.234 e. The molecule has 2 fully saturated rings. The molecule has 0 spiro atoms. The molecule has 1 nitrogen and oxygen atoms in total. The standard InChI is InChI=1S/C6H10ClNS/c7-9-8-4-5-1-2-6(8)3-5/h5-6H,1-4H2. The summed E-state index contributed by atoms with van der Waals surface area (Å²) in [6.07, 6.45) is 4.22. The molecule has 3 heteroatoms. The highest BCUT2D eigenvalue weighted by Gasteiger charge is 2.37. The average Bonchev–Trinajstić information content (AvgIpc) is 2.45. The minimum Gasteiger partial charge on any atom is -0.234 e. The van der Waals surface area contributed by atoms with Crippen LogP contribution in [0.5, 0.6) is 0 Å². The summed E-state index contributed by atoms with van der Waals surface area (Å²) in [6.45, 7) is 1.23. The van der Waals surface area contributed by atoms with Gasteiger partial charge in [0.2, 0.25) is 0 Å². The molecule has 0 radical (unpaired) electrons. The molecule has 2 aliphatic rings. The summed E-state index contributed by atoms with van der Waals surface area (Å²) in [5.74, 6) is 0.973. The van der Waals surface area contributed by atoms with Crippen LogP contribution in [0.4, 0.5) is 0 Å². The van der Waals surface area contributed by atoms with Crippen LogP contribution < -0.4 is 0 Å². The van der Waals surface area contributed by atoms with Gasteiger partial charge in [-0.2, -0.15) is 0 Å². The Morgan fingerprint density at radius 3 is 2.67 bits per heavy atom. The number of hydrogen-bond donors (Lipinski definition) is 0. The Labute approximate surface area is 64.4 Å². The number of hydrogen-bond acceptors (Lipinski definition) is 2. The molecule has 1 heterocycles. The minimum atomic E-state index is 0.817. The van der Waals surface area contributed by atoms with Crippen molar-refractivity contribution in [3.8, 4) is 0 Å². The average molecular weight is 164 g/mol. The highest BCUT2D eigenvalue weighted by atomic mass is 35.7. The normalized spacial score (nSPS) is 42.3. The Bertz CT molecular complexity index is 120. The second kappa shape index (κ2) is 2.33. The van der Waals surface area contributed by atoms with Crippen LogP contribution in [-0.2, 0) is 0 Å². The van der Waals surface area contributed by atoms with Gasteiger partial charge in [0.15, 0.2) is 0 Å². The van der Waals surface area contributed by atoms with Crippen LogP contribution in [0.3, 0.4) is 0 Å². The number of piperidine rings is 1. The van der Waals surface area contributed by atoms with Crippen LogP contribution in [0.1, 0.15) is 19.3 Å². The Hall–Kier alpha value is 0.600. The maximum atomic E-state index is 5.64. The van der Waals surface area contributed by atoms with E-state index in [1.54, 1.807) is 0 Å². The van der Waals surface area contributed by atoms with Crippen molar-refractivity contribution in [1.29, 1.82) is 0 Å². The molecule has 2 unspecified atom stereocenters. The predicted molar refractivity (Wildman–Crippen MR) is 41.3 cm³/mol. The molecule has 1 saturated carbocycles. The molecule has 0 N–H and O–H groups in total. The molecule has 2 rings (SSSR count). The molecular formula is C6H10ClNS. The molecule has 0 aromatic heterocycles. The summed E-state index contributed by atoms with van der Waals surface area (Å²) in [5, 5.41) is 0. The highest BCUT2D eigenvalue weighted by molar-refractivity contribution is 8.19. The molecule has 0 aromatic rings. The van der Waals surface area contributed by atoms with Crippen molar-refractivity contribution >= 4 is 21.8 Å². The van der Waals surface area contributed by atoms with Gasteiger partial charge in [0, 0.05) is 23.7 Å². The fourth-order valence-electron chi connectivity index (χ4n) is 1.96. The first-order valence-corrected chi connectivity index (χ1v) is 5.05. The second-order valence-electron chi connectivity index (χ2n) is 3.00. The van der Waals surface area contributed by atoms with E-state index in [1.165, 1.54) is 37.0 Å². The lowest BCUT2D eigenvalue weighted by atomic mass is 10.1. The van der Waals surface area contributed by atoms with E-state index in [2.05, 4.69) is 4.31 Å². The minimum absolute atomic E-state index is 0.817. The predicted octanol–water partition coefficient (Wildman–Crippen LogP) is 2.27. The van der Waals surface area contributed by atoms with Gasteiger partial charge >= 0.3 is 0 Å². The molecule has 9 heavy (non-hydrogen) atoms. The zero-order valence-corrected chi connectivity index (χ0v) is 6.79. The third-order valence-corrected chi connectivity index (χ3v) is 3.60. The van der Waals surface area contributed by atoms with Gasteiger partial charge in [0.1, 0.15) is 0 Å². The van der Waals surface area contributed by atoms with Crippen molar-refractivity contribution in [3.63, 3.8) is 0 Å². The number of halogens is 1. The molecule has 2 atom stereocenters. The van der Waals surface area contributed by atoms with E-state index in [-0.39, 0.29) is 0 Å².